The summed E-state index contributed by atoms with van der Waals surface area (Å²) >= 11 is 1.07. The maximum atomic E-state index is 12.4. The summed E-state index contributed by atoms with van der Waals surface area (Å²) in [6, 6.07) is 13.0. The van der Waals surface area contributed by atoms with E-state index in [4.69, 9.17) is 11.6 Å². The molecular weight excluding hydrogens is 458 g/mol. The molecule has 0 saturated heterocycles. The number of sulfone groups is 1. The number of aromatic nitrogens is 1. The SMILES string of the molecule is C#CCn1c(=NC(=O)CCS(=O)(=O)Cc2ccccc2)sc2cc(S(N)(=O)=O)ccc21. The van der Waals surface area contributed by atoms with Gasteiger partial charge in [-0.05, 0) is 23.8 Å². The molecule has 0 atom stereocenters. The lowest BCUT2D eigenvalue weighted by molar-refractivity contribution is -0.117. The van der Waals surface area contributed by atoms with Gasteiger partial charge in [0.25, 0.3) is 0 Å². The molecule has 1 amide bonds. The van der Waals surface area contributed by atoms with E-state index in [1.807, 2.05) is 0 Å². The largest absolute Gasteiger partial charge is 0.305 e. The number of carbonyl (C=O) groups is 1. The average Bonchev–Trinajstić information content (AvgIpc) is 3.03. The summed E-state index contributed by atoms with van der Waals surface area (Å²) in [6.07, 6.45) is 5.13. The van der Waals surface area contributed by atoms with Crippen molar-refractivity contribution in [1.82, 2.24) is 4.57 Å². The van der Waals surface area contributed by atoms with Gasteiger partial charge in [0.1, 0.15) is 0 Å². The number of hydrogen-bond donors (Lipinski definition) is 1. The van der Waals surface area contributed by atoms with Gasteiger partial charge >= 0.3 is 0 Å². The Hall–Kier alpha value is -2.78. The highest BCUT2D eigenvalue weighted by molar-refractivity contribution is 7.90. The van der Waals surface area contributed by atoms with Crippen LogP contribution in [-0.2, 0) is 37.0 Å². The summed E-state index contributed by atoms with van der Waals surface area (Å²) in [5.41, 5.74) is 1.24. The van der Waals surface area contributed by atoms with Gasteiger partial charge in [-0.25, -0.2) is 22.0 Å². The number of nitrogens with two attached hydrogens (primary N) is 1. The molecule has 0 aliphatic heterocycles. The quantitative estimate of drug-likeness (QED) is 0.515. The van der Waals surface area contributed by atoms with Crippen LogP contribution in [0.5, 0.6) is 0 Å². The van der Waals surface area contributed by atoms with Crippen LogP contribution in [0, 0.1) is 12.3 Å². The summed E-state index contributed by atoms with van der Waals surface area (Å²) < 4.78 is 49.9. The molecule has 1 heterocycles. The van der Waals surface area contributed by atoms with Gasteiger partial charge in [-0.1, -0.05) is 47.6 Å². The second kappa shape index (κ2) is 9.15. The minimum absolute atomic E-state index is 0.0704. The van der Waals surface area contributed by atoms with Crippen molar-refractivity contribution in [2.75, 3.05) is 5.75 Å². The Labute approximate surface area is 184 Å². The number of carbonyl (C=O) groups excluding carboxylic acids is 1. The van der Waals surface area contributed by atoms with E-state index in [1.165, 1.54) is 18.2 Å². The maximum absolute atomic E-state index is 12.4. The number of primary sulfonamides is 1. The van der Waals surface area contributed by atoms with Crippen LogP contribution in [0.4, 0.5) is 0 Å². The van der Waals surface area contributed by atoms with Gasteiger partial charge in [0, 0.05) is 6.42 Å². The van der Waals surface area contributed by atoms with E-state index < -0.39 is 25.8 Å². The molecule has 31 heavy (non-hydrogen) atoms. The first-order valence-corrected chi connectivity index (χ1v) is 13.2. The van der Waals surface area contributed by atoms with Crippen LogP contribution in [0.1, 0.15) is 12.0 Å². The van der Waals surface area contributed by atoms with Crippen LogP contribution in [0.15, 0.2) is 58.4 Å². The van der Waals surface area contributed by atoms with E-state index in [0.717, 1.165) is 11.3 Å². The van der Waals surface area contributed by atoms with Crippen molar-refractivity contribution in [3.63, 3.8) is 0 Å². The summed E-state index contributed by atoms with van der Waals surface area (Å²) in [5, 5.41) is 5.17. The molecule has 0 unspecified atom stereocenters. The molecule has 0 fully saturated rings. The zero-order chi connectivity index (χ0) is 22.6. The van der Waals surface area contributed by atoms with Crippen LogP contribution in [0.25, 0.3) is 10.2 Å². The minimum Gasteiger partial charge on any atom is -0.305 e. The standard InChI is InChI=1S/C20H19N3O5S3/c1-2-11-23-17-9-8-16(31(21,27)28)13-18(17)29-20(23)22-19(24)10-12-30(25,26)14-15-6-4-3-5-7-15/h1,3-9,13H,10-12,14H2,(H2,21,27,28). The molecule has 11 heteroatoms. The predicted molar refractivity (Wildman–Crippen MR) is 119 cm³/mol. The molecule has 1 aromatic heterocycles. The number of thiazole rings is 1. The zero-order valence-electron chi connectivity index (χ0n) is 16.3. The Kier molecular flexibility index (Phi) is 6.76. The van der Waals surface area contributed by atoms with E-state index in [0.29, 0.717) is 15.8 Å². The summed E-state index contributed by atoms with van der Waals surface area (Å²) in [7, 11) is -7.38. The number of terminal acetylenes is 1. The molecule has 0 aliphatic carbocycles. The minimum atomic E-state index is -3.89. The summed E-state index contributed by atoms with van der Waals surface area (Å²) in [5.74, 6) is 1.36. The molecule has 3 rings (SSSR count). The Morgan fingerprint density at radius 3 is 2.48 bits per heavy atom. The van der Waals surface area contributed by atoms with Gasteiger partial charge in [-0.3, -0.25) is 4.79 Å². The van der Waals surface area contributed by atoms with Crippen LogP contribution in [0.3, 0.4) is 0 Å². The van der Waals surface area contributed by atoms with Crippen molar-refractivity contribution in [2.24, 2.45) is 10.1 Å². The fourth-order valence-electron chi connectivity index (χ4n) is 2.87. The Morgan fingerprint density at radius 2 is 1.84 bits per heavy atom. The number of sulfonamides is 1. The van der Waals surface area contributed by atoms with Crippen LogP contribution in [-0.4, -0.2) is 33.1 Å². The molecule has 0 saturated carbocycles. The molecule has 0 aliphatic rings. The summed E-state index contributed by atoms with van der Waals surface area (Å²) in [6.45, 7) is 0.104. The lowest BCUT2D eigenvalue weighted by Gasteiger charge is -2.03. The van der Waals surface area contributed by atoms with Gasteiger partial charge in [0.05, 0.1) is 33.2 Å². The van der Waals surface area contributed by atoms with Crippen LogP contribution in [0.2, 0.25) is 0 Å². The van der Waals surface area contributed by atoms with Gasteiger partial charge in [-0.15, -0.1) is 6.42 Å². The number of amides is 1. The Morgan fingerprint density at radius 1 is 1.13 bits per heavy atom. The van der Waals surface area contributed by atoms with E-state index in [2.05, 4.69) is 10.9 Å². The molecule has 162 valence electrons. The number of benzene rings is 2. The van der Waals surface area contributed by atoms with Crippen LogP contribution < -0.4 is 9.94 Å². The van der Waals surface area contributed by atoms with Crippen molar-refractivity contribution in [3.05, 3.63) is 58.9 Å². The molecule has 8 nitrogen and oxygen atoms in total. The predicted octanol–water partition coefficient (Wildman–Crippen LogP) is 1.42. The number of nitrogens with zero attached hydrogens (tertiary/aromatic N) is 2. The van der Waals surface area contributed by atoms with Gasteiger partial charge in [0.15, 0.2) is 14.6 Å². The second-order valence-electron chi connectivity index (χ2n) is 6.68. The third kappa shape index (κ3) is 5.89. The van der Waals surface area contributed by atoms with Crippen molar-refractivity contribution >= 4 is 47.3 Å². The normalized spacial score (nSPS) is 12.7. The fourth-order valence-corrected chi connectivity index (χ4v) is 5.90. The fraction of sp³-hybridized carbons (Fsp3) is 0.200. The maximum Gasteiger partial charge on any atom is 0.249 e. The highest BCUT2D eigenvalue weighted by Gasteiger charge is 2.16. The third-order valence-electron chi connectivity index (χ3n) is 4.31. The molecule has 3 aromatic rings. The summed E-state index contributed by atoms with van der Waals surface area (Å²) in [4.78, 5) is 16.6. The lowest BCUT2D eigenvalue weighted by Crippen LogP contribution is -2.18. The van der Waals surface area contributed by atoms with E-state index in [9.17, 15) is 21.6 Å². The highest BCUT2D eigenvalue weighted by Crippen LogP contribution is 2.21. The highest BCUT2D eigenvalue weighted by atomic mass is 32.2. The first-order valence-electron chi connectivity index (χ1n) is 9.00. The number of rotatable bonds is 7. The smallest absolute Gasteiger partial charge is 0.249 e. The molecule has 0 radical (unpaired) electrons. The van der Waals surface area contributed by atoms with Crippen molar-refractivity contribution in [1.29, 1.82) is 0 Å². The first kappa shape index (κ1) is 22.9. The van der Waals surface area contributed by atoms with E-state index >= 15 is 0 Å². The average molecular weight is 478 g/mol. The third-order valence-corrected chi connectivity index (χ3v) is 7.86. The molecular formula is C20H19N3O5S3. The van der Waals surface area contributed by atoms with E-state index in [-0.39, 0.29) is 34.2 Å². The number of fused-ring (bicyclic) bond motifs is 1. The second-order valence-corrected chi connectivity index (χ2v) is 11.4. The van der Waals surface area contributed by atoms with Crippen molar-refractivity contribution in [2.45, 2.75) is 23.6 Å². The topological polar surface area (TPSA) is 129 Å². The van der Waals surface area contributed by atoms with Gasteiger partial charge in [-0.2, -0.15) is 4.99 Å². The monoisotopic (exact) mass is 477 g/mol. The first-order chi connectivity index (χ1) is 14.6. The van der Waals surface area contributed by atoms with Gasteiger partial charge < -0.3 is 4.57 Å². The molecule has 0 spiro atoms. The Balaban J connectivity index is 1.86. The molecule has 0 bridgehead atoms. The molecule has 2 aromatic carbocycles. The zero-order valence-corrected chi connectivity index (χ0v) is 18.7. The van der Waals surface area contributed by atoms with Crippen molar-refractivity contribution < 1.29 is 21.6 Å². The molecule has 2 N–H and O–H groups in total. The lowest BCUT2D eigenvalue weighted by atomic mass is 10.2. The van der Waals surface area contributed by atoms with Crippen molar-refractivity contribution in [3.8, 4) is 12.3 Å². The Bertz CT molecular complexity index is 1450. The number of hydrogen-bond acceptors (Lipinski definition) is 6. The van der Waals surface area contributed by atoms with Gasteiger partial charge in [0.2, 0.25) is 15.9 Å². The van der Waals surface area contributed by atoms with E-state index in [1.54, 1.807) is 34.9 Å². The van der Waals surface area contributed by atoms with Crippen LogP contribution >= 0.6 is 11.3 Å².